The van der Waals surface area contributed by atoms with E-state index in [-0.39, 0.29) is 41.1 Å². The molecular weight excluding hydrogens is 456 g/mol. The fourth-order valence-electron chi connectivity index (χ4n) is 6.27. The number of nitrogens with one attached hydrogen (secondary N) is 1. The Morgan fingerprint density at radius 2 is 1.89 bits per heavy atom. The van der Waals surface area contributed by atoms with Crippen molar-refractivity contribution in [3.05, 3.63) is 48.4 Å². The molecule has 2 aliphatic carbocycles. The van der Waals surface area contributed by atoms with E-state index in [9.17, 15) is 14.7 Å². The van der Waals surface area contributed by atoms with Crippen molar-refractivity contribution >= 4 is 17.8 Å². The summed E-state index contributed by atoms with van der Waals surface area (Å²) in [5, 5.41) is 12.5. The number of aromatic nitrogens is 2. The first-order valence-corrected chi connectivity index (χ1v) is 12.9. The lowest BCUT2D eigenvalue weighted by Gasteiger charge is -2.51. The van der Waals surface area contributed by atoms with Gasteiger partial charge >= 0.3 is 6.03 Å². The van der Waals surface area contributed by atoms with Gasteiger partial charge in [0.25, 0.3) is 0 Å². The molecule has 1 aromatic heterocycles. The van der Waals surface area contributed by atoms with Gasteiger partial charge in [-0.15, -0.1) is 0 Å². The van der Waals surface area contributed by atoms with E-state index in [1.54, 1.807) is 4.90 Å². The number of carbonyl (C=O) groups is 2. The van der Waals surface area contributed by atoms with E-state index in [1.807, 2.05) is 0 Å². The summed E-state index contributed by atoms with van der Waals surface area (Å²) in [4.78, 5) is 40.2. The van der Waals surface area contributed by atoms with Gasteiger partial charge in [-0.2, -0.15) is 0 Å². The van der Waals surface area contributed by atoms with E-state index in [2.05, 4.69) is 69.5 Å². The third kappa shape index (κ3) is 4.40. The third-order valence-electron chi connectivity index (χ3n) is 8.69. The van der Waals surface area contributed by atoms with Gasteiger partial charge < -0.3 is 20.2 Å². The van der Waals surface area contributed by atoms with Gasteiger partial charge in [-0.1, -0.05) is 36.8 Å². The Bertz CT molecular complexity index is 1100. The van der Waals surface area contributed by atoms with Crippen LogP contribution in [0.1, 0.15) is 50.5 Å². The van der Waals surface area contributed by atoms with Crippen LogP contribution in [-0.4, -0.2) is 81.0 Å². The number of hydrogen-bond donors (Lipinski definition) is 2. The summed E-state index contributed by atoms with van der Waals surface area (Å²) in [6.45, 7) is 1.24. The van der Waals surface area contributed by atoms with Gasteiger partial charge in [-0.3, -0.25) is 9.69 Å². The van der Waals surface area contributed by atoms with E-state index in [4.69, 9.17) is 0 Å². The van der Waals surface area contributed by atoms with E-state index in [0.717, 1.165) is 32.2 Å². The maximum atomic E-state index is 13.7. The predicted molar refractivity (Wildman–Crippen MR) is 136 cm³/mol. The lowest BCUT2D eigenvalue weighted by atomic mass is 9.68. The molecule has 3 fully saturated rings. The van der Waals surface area contributed by atoms with Crippen LogP contribution in [0.4, 0.5) is 10.6 Å². The first-order chi connectivity index (χ1) is 17.3. The molecule has 3 amide bonds. The van der Waals surface area contributed by atoms with Crippen molar-refractivity contribution in [3.63, 3.8) is 0 Å². The van der Waals surface area contributed by atoms with Gasteiger partial charge in [0.2, 0.25) is 5.91 Å². The zero-order chi connectivity index (χ0) is 25.3. The summed E-state index contributed by atoms with van der Waals surface area (Å²) in [6.07, 6.45) is 9.74. The molecule has 2 aromatic rings. The topological polar surface area (TPSA) is 102 Å². The van der Waals surface area contributed by atoms with Crippen molar-refractivity contribution in [2.45, 2.75) is 56.0 Å². The molecule has 3 aliphatic rings. The largest absolute Gasteiger partial charge is 0.503 e. The second-order valence-electron chi connectivity index (χ2n) is 10.9. The molecule has 1 spiro atoms. The number of rotatable bonds is 7. The second kappa shape index (κ2) is 9.69. The molecule has 1 aromatic carbocycles. The van der Waals surface area contributed by atoms with E-state index >= 15 is 0 Å². The van der Waals surface area contributed by atoms with Gasteiger partial charge in [-0.05, 0) is 64.1 Å². The molecule has 0 unspecified atom stereocenters. The highest BCUT2D eigenvalue weighted by Crippen LogP contribution is 2.49. The standard InChI is InChI=1S/C27H36N6O3/c1-31(2)27(21-9-4-3-5-10-21)13-11-26(12-14-27)18-32(25(36)33(26)16-20-7-6-8-20)17-23(35)30-24-22(34)15-28-19-29-24/h3-5,9-10,15,19-20,34H,6-8,11-14,16-18H2,1-2H3,(H,28,29,30,35)/t26-,27+. The number of urea groups is 1. The lowest BCUT2D eigenvalue weighted by molar-refractivity contribution is -0.116. The van der Waals surface area contributed by atoms with Crippen LogP contribution in [0, 0.1) is 5.92 Å². The molecule has 2 N–H and O–H groups in total. The molecule has 9 nitrogen and oxygen atoms in total. The number of nitrogens with zero attached hydrogens (tertiary/aromatic N) is 5. The quantitative estimate of drug-likeness (QED) is 0.614. The summed E-state index contributed by atoms with van der Waals surface area (Å²) in [6, 6.07) is 10.6. The monoisotopic (exact) mass is 492 g/mol. The average molecular weight is 493 g/mol. The van der Waals surface area contributed by atoms with Crippen LogP contribution in [0.3, 0.4) is 0 Å². The van der Waals surface area contributed by atoms with Crippen LogP contribution < -0.4 is 5.32 Å². The van der Waals surface area contributed by atoms with Crippen LogP contribution in [-0.2, 0) is 10.3 Å². The molecule has 2 heterocycles. The van der Waals surface area contributed by atoms with Gasteiger partial charge in [-0.25, -0.2) is 14.8 Å². The Morgan fingerprint density at radius 3 is 2.50 bits per heavy atom. The molecule has 192 valence electrons. The summed E-state index contributed by atoms with van der Waals surface area (Å²) in [5.74, 6) is 0.0295. The normalized spacial score (nSPS) is 26.5. The van der Waals surface area contributed by atoms with Gasteiger partial charge in [0.1, 0.15) is 12.9 Å². The fourth-order valence-corrected chi connectivity index (χ4v) is 6.27. The van der Waals surface area contributed by atoms with Crippen molar-refractivity contribution < 1.29 is 14.7 Å². The van der Waals surface area contributed by atoms with Crippen molar-refractivity contribution in [2.24, 2.45) is 5.92 Å². The molecule has 0 bridgehead atoms. The van der Waals surface area contributed by atoms with Crippen molar-refractivity contribution in [1.82, 2.24) is 24.7 Å². The minimum Gasteiger partial charge on any atom is -0.503 e. The maximum absolute atomic E-state index is 13.7. The minimum atomic E-state index is -0.374. The summed E-state index contributed by atoms with van der Waals surface area (Å²) >= 11 is 0. The highest BCUT2D eigenvalue weighted by Gasteiger charge is 2.55. The first kappa shape index (κ1) is 24.5. The number of aromatic hydroxyl groups is 1. The van der Waals surface area contributed by atoms with Crippen molar-refractivity contribution in [1.29, 1.82) is 0 Å². The molecule has 5 rings (SSSR count). The lowest BCUT2D eigenvalue weighted by Crippen LogP contribution is -2.56. The number of carbonyl (C=O) groups excluding carboxylic acids is 2. The molecule has 2 saturated carbocycles. The Labute approximate surface area is 212 Å². The molecule has 0 radical (unpaired) electrons. The molecule has 1 aliphatic heterocycles. The average Bonchev–Trinajstić information content (AvgIpc) is 3.08. The molecule has 36 heavy (non-hydrogen) atoms. The Balaban J connectivity index is 1.35. The maximum Gasteiger partial charge on any atom is 0.321 e. The second-order valence-corrected chi connectivity index (χ2v) is 10.9. The molecule has 0 atom stereocenters. The third-order valence-corrected chi connectivity index (χ3v) is 8.69. The molecule has 9 heteroatoms. The Kier molecular flexibility index (Phi) is 6.59. The predicted octanol–water partition coefficient (Wildman–Crippen LogP) is 3.43. The van der Waals surface area contributed by atoms with Gasteiger partial charge in [0.15, 0.2) is 11.6 Å². The minimum absolute atomic E-state index is 0.0546. The highest BCUT2D eigenvalue weighted by molar-refractivity contribution is 5.95. The van der Waals surface area contributed by atoms with Crippen LogP contribution in [0.5, 0.6) is 5.75 Å². The Hall–Kier alpha value is -3.20. The van der Waals surface area contributed by atoms with Crippen LogP contribution in [0.2, 0.25) is 0 Å². The van der Waals surface area contributed by atoms with E-state index in [1.165, 1.54) is 37.4 Å². The van der Waals surface area contributed by atoms with Crippen LogP contribution >= 0.6 is 0 Å². The Morgan fingerprint density at radius 1 is 1.17 bits per heavy atom. The van der Waals surface area contributed by atoms with E-state index in [0.29, 0.717) is 12.5 Å². The number of amides is 3. The number of benzene rings is 1. The SMILES string of the molecule is CN(C)[C@]1(c2ccccc2)CC[C@]2(CC1)CN(CC(=O)Nc1ncncc1O)C(=O)N2CC1CCC1. The highest BCUT2D eigenvalue weighted by atomic mass is 16.3. The van der Waals surface area contributed by atoms with E-state index < -0.39 is 0 Å². The fraction of sp³-hybridized carbons (Fsp3) is 0.556. The molecular formula is C27H36N6O3. The smallest absolute Gasteiger partial charge is 0.321 e. The van der Waals surface area contributed by atoms with Crippen LogP contribution in [0.15, 0.2) is 42.9 Å². The molecule has 1 saturated heterocycles. The van der Waals surface area contributed by atoms with Gasteiger partial charge in [0.05, 0.1) is 11.7 Å². The number of anilines is 1. The van der Waals surface area contributed by atoms with Crippen molar-refractivity contribution in [2.75, 3.05) is 39.0 Å². The summed E-state index contributed by atoms with van der Waals surface area (Å²) in [7, 11) is 4.30. The van der Waals surface area contributed by atoms with Crippen LogP contribution in [0.25, 0.3) is 0 Å². The zero-order valence-electron chi connectivity index (χ0n) is 21.2. The number of hydrogen-bond acceptors (Lipinski definition) is 6. The first-order valence-electron chi connectivity index (χ1n) is 12.9. The van der Waals surface area contributed by atoms with Crippen molar-refractivity contribution in [3.8, 4) is 5.75 Å². The zero-order valence-corrected chi connectivity index (χ0v) is 21.2. The van der Waals surface area contributed by atoms with Gasteiger partial charge in [0, 0.05) is 18.6 Å². The summed E-state index contributed by atoms with van der Waals surface area (Å²) in [5.41, 5.74) is 0.992. The summed E-state index contributed by atoms with van der Waals surface area (Å²) < 4.78 is 0.